The second-order valence-corrected chi connectivity index (χ2v) is 6.41. The van der Waals surface area contributed by atoms with Gasteiger partial charge in [0.05, 0.1) is 6.10 Å². The van der Waals surface area contributed by atoms with Gasteiger partial charge in [-0.1, -0.05) is 42.8 Å². The lowest BCUT2D eigenvalue weighted by Gasteiger charge is -2.14. The number of carbonyl (C=O) groups excluding carboxylic acids is 1. The van der Waals surface area contributed by atoms with Crippen molar-refractivity contribution in [3.8, 4) is 5.75 Å². The molecule has 0 fully saturated rings. The molecule has 2 aromatic carbocycles. The zero-order chi connectivity index (χ0) is 18.2. The first-order valence-electron chi connectivity index (χ1n) is 8.09. The van der Waals surface area contributed by atoms with Crippen LogP contribution < -0.4 is 15.4 Å². The maximum atomic E-state index is 12.3. The minimum atomic E-state index is -0.286. The fourth-order valence-corrected chi connectivity index (χ4v) is 2.43. The first-order chi connectivity index (χ1) is 12.0. The molecule has 0 aliphatic rings. The Morgan fingerprint density at radius 1 is 1.24 bits per heavy atom. The average molecular weight is 377 g/mol. The van der Waals surface area contributed by atoms with Gasteiger partial charge in [0, 0.05) is 17.1 Å². The van der Waals surface area contributed by atoms with Gasteiger partial charge >= 0.3 is 0 Å². The Bertz CT molecular complexity index is 752. The van der Waals surface area contributed by atoms with Crippen LogP contribution in [-0.2, 0) is 6.54 Å². The summed E-state index contributed by atoms with van der Waals surface area (Å²) in [5, 5.41) is 6.54. The lowest BCUT2D eigenvalue weighted by atomic mass is 10.2. The molecular weight excluding hydrogens is 356 g/mol. The summed E-state index contributed by atoms with van der Waals surface area (Å²) >= 11 is 11.3. The minimum Gasteiger partial charge on any atom is -0.491 e. The second-order valence-electron chi connectivity index (χ2n) is 5.59. The lowest BCUT2D eigenvalue weighted by molar-refractivity contribution is 0.0976. The number of hydrogen-bond acceptors (Lipinski definition) is 3. The van der Waals surface area contributed by atoms with Crippen LogP contribution in [0.1, 0.15) is 36.2 Å². The highest BCUT2D eigenvalue weighted by atomic mass is 35.5. The van der Waals surface area contributed by atoms with Gasteiger partial charge in [0.25, 0.3) is 5.91 Å². The van der Waals surface area contributed by atoms with Crippen LogP contribution >= 0.6 is 23.8 Å². The summed E-state index contributed by atoms with van der Waals surface area (Å²) < 4.78 is 5.73. The molecule has 0 bridgehead atoms. The van der Waals surface area contributed by atoms with Crippen LogP contribution in [0.2, 0.25) is 5.02 Å². The molecule has 0 saturated heterocycles. The summed E-state index contributed by atoms with van der Waals surface area (Å²) in [6.07, 6.45) is 0.989. The standard InChI is InChI=1S/C19H21ClN2O2S/c1-3-13(2)24-16-9-6-8-14(11-16)18(23)22-19(25)21-12-15-7-4-5-10-17(15)20/h4-11,13H,3,12H2,1-2H3,(H2,21,22,23,25). The minimum absolute atomic E-state index is 0.0941. The SMILES string of the molecule is CCC(C)Oc1cccc(C(=O)NC(=S)NCc2ccccc2Cl)c1. The molecule has 1 amide bonds. The molecule has 2 rings (SSSR count). The molecule has 0 aromatic heterocycles. The van der Waals surface area contributed by atoms with Crippen LogP contribution in [0.15, 0.2) is 48.5 Å². The van der Waals surface area contributed by atoms with E-state index in [1.165, 1.54) is 0 Å². The van der Waals surface area contributed by atoms with Crippen LogP contribution in [0.25, 0.3) is 0 Å². The first-order valence-corrected chi connectivity index (χ1v) is 8.87. The quantitative estimate of drug-likeness (QED) is 0.737. The Balaban J connectivity index is 1.91. The number of nitrogens with one attached hydrogen (secondary N) is 2. The number of amides is 1. The van der Waals surface area contributed by atoms with E-state index in [4.69, 9.17) is 28.6 Å². The average Bonchev–Trinajstić information content (AvgIpc) is 2.61. The molecule has 0 radical (unpaired) electrons. The third-order valence-electron chi connectivity index (χ3n) is 3.63. The van der Waals surface area contributed by atoms with Gasteiger partial charge in [-0.15, -0.1) is 0 Å². The Morgan fingerprint density at radius 3 is 2.72 bits per heavy atom. The van der Waals surface area contributed by atoms with Crippen LogP contribution in [0.4, 0.5) is 0 Å². The number of rotatable bonds is 6. The molecule has 2 N–H and O–H groups in total. The van der Waals surface area contributed by atoms with Crippen molar-refractivity contribution < 1.29 is 9.53 Å². The van der Waals surface area contributed by atoms with E-state index in [9.17, 15) is 4.79 Å². The van der Waals surface area contributed by atoms with Gasteiger partial charge in [-0.05, 0) is 55.4 Å². The monoisotopic (exact) mass is 376 g/mol. The van der Waals surface area contributed by atoms with Crippen molar-refractivity contribution in [1.29, 1.82) is 0 Å². The molecule has 4 nitrogen and oxygen atoms in total. The molecule has 6 heteroatoms. The molecule has 0 aliphatic carbocycles. The van der Waals surface area contributed by atoms with Gasteiger partial charge < -0.3 is 10.1 Å². The topological polar surface area (TPSA) is 50.4 Å². The number of thiocarbonyl (C=S) groups is 1. The molecule has 1 unspecified atom stereocenters. The second kappa shape index (κ2) is 9.39. The van der Waals surface area contributed by atoms with E-state index in [2.05, 4.69) is 10.6 Å². The molecule has 0 saturated carbocycles. The van der Waals surface area contributed by atoms with Crippen LogP contribution in [-0.4, -0.2) is 17.1 Å². The molecule has 132 valence electrons. The fraction of sp³-hybridized carbons (Fsp3) is 0.263. The first kappa shape index (κ1) is 19.2. The van der Waals surface area contributed by atoms with Crippen molar-refractivity contribution in [3.05, 3.63) is 64.7 Å². The van der Waals surface area contributed by atoms with Gasteiger partial charge in [-0.25, -0.2) is 0 Å². The third kappa shape index (κ3) is 6.03. The summed E-state index contributed by atoms with van der Waals surface area (Å²) in [6, 6.07) is 14.5. The lowest BCUT2D eigenvalue weighted by Crippen LogP contribution is -2.38. The van der Waals surface area contributed by atoms with Crippen molar-refractivity contribution >= 4 is 34.8 Å². The Hall–Kier alpha value is -2.11. The van der Waals surface area contributed by atoms with Gasteiger partial charge in [0.15, 0.2) is 5.11 Å². The number of ether oxygens (including phenoxy) is 1. The predicted molar refractivity (Wildman–Crippen MR) is 105 cm³/mol. The van der Waals surface area contributed by atoms with Crippen molar-refractivity contribution in [1.82, 2.24) is 10.6 Å². The van der Waals surface area contributed by atoms with Crippen LogP contribution in [0.3, 0.4) is 0 Å². The molecule has 0 aliphatic heterocycles. The van der Waals surface area contributed by atoms with Crippen LogP contribution in [0.5, 0.6) is 5.75 Å². The maximum absolute atomic E-state index is 12.3. The van der Waals surface area contributed by atoms with E-state index in [0.29, 0.717) is 22.9 Å². The Morgan fingerprint density at radius 2 is 2.00 bits per heavy atom. The van der Waals surface area contributed by atoms with Crippen molar-refractivity contribution in [2.45, 2.75) is 32.9 Å². The summed E-state index contributed by atoms with van der Waals surface area (Å²) in [5.74, 6) is 0.378. The van der Waals surface area contributed by atoms with Crippen molar-refractivity contribution in [2.24, 2.45) is 0 Å². The fourth-order valence-electron chi connectivity index (χ4n) is 2.06. The van der Waals surface area contributed by atoms with Gasteiger partial charge in [-0.3, -0.25) is 10.1 Å². The Kier molecular flexibility index (Phi) is 7.22. The number of benzene rings is 2. The van der Waals surface area contributed by atoms with E-state index in [1.807, 2.05) is 44.2 Å². The van der Waals surface area contributed by atoms with Gasteiger partial charge in [0.2, 0.25) is 0 Å². The zero-order valence-corrected chi connectivity index (χ0v) is 15.8. The highest BCUT2D eigenvalue weighted by Gasteiger charge is 2.10. The molecular formula is C19H21ClN2O2S. The van der Waals surface area contributed by atoms with Crippen molar-refractivity contribution in [2.75, 3.05) is 0 Å². The molecule has 2 aromatic rings. The number of halogens is 1. The zero-order valence-electron chi connectivity index (χ0n) is 14.2. The summed E-state index contributed by atoms with van der Waals surface area (Å²) in [4.78, 5) is 12.3. The largest absolute Gasteiger partial charge is 0.491 e. The highest BCUT2D eigenvalue weighted by Crippen LogP contribution is 2.16. The van der Waals surface area contributed by atoms with E-state index in [1.54, 1.807) is 18.2 Å². The molecule has 25 heavy (non-hydrogen) atoms. The summed E-state index contributed by atoms with van der Waals surface area (Å²) in [6.45, 7) is 4.47. The van der Waals surface area contributed by atoms with E-state index in [0.717, 1.165) is 12.0 Å². The summed E-state index contributed by atoms with van der Waals surface area (Å²) in [7, 11) is 0. The summed E-state index contributed by atoms with van der Waals surface area (Å²) in [5.41, 5.74) is 1.40. The highest BCUT2D eigenvalue weighted by molar-refractivity contribution is 7.80. The predicted octanol–water partition coefficient (Wildman–Crippen LogP) is 4.32. The van der Waals surface area contributed by atoms with Crippen molar-refractivity contribution in [3.63, 3.8) is 0 Å². The van der Waals surface area contributed by atoms with E-state index >= 15 is 0 Å². The number of hydrogen-bond donors (Lipinski definition) is 2. The van der Waals surface area contributed by atoms with Gasteiger partial charge in [-0.2, -0.15) is 0 Å². The Labute approximate surface area is 158 Å². The van der Waals surface area contributed by atoms with E-state index < -0.39 is 0 Å². The van der Waals surface area contributed by atoms with Gasteiger partial charge in [0.1, 0.15) is 5.75 Å². The number of carbonyl (C=O) groups is 1. The van der Waals surface area contributed by atoms with E-state index in [-0.39, 0.29) is 17.1 Å². The normalized spacial score (nSPS) is 11.5. The smallest absolute Gasteiger partial charge is 0.257 e. The molecule has 1 atom stereocenters. The third-order valence-corrected chi connectivity index (χ3v) is 4.25. The van der Waals surface area contributed by atoms with Crippen LogP contribution in [0, 0.1) is 0 Å². The molecule has 0 spiro atoms. The molecule has 0 heterocycles. The maximum Gasteiger partial charge on any atom is 0.257 e.